The summed E-state index contributed by atoms with van der Waals surface area (Å²) in [6.07, 6.45) is 1.73. The summed E-state index contributed by atoms with van der Waals surface area (Å²) in [4.78, 5) is 5.02. The predicted octanol–water partition coefficient (Wildman–Crippen LogP) is 3.14. The maximum absolute atomic E-state index is 5.79. The van der Waals surface area contributed by atoms with Gasteiger partial charge in [0.15, 0.2) is 5.01 Å². The first-order valence-corrected chi connectivity index (χ1v) is 7.93. The second-order valence-electron chi connectivity index (χ2n) is 5.03. The maximum atomic E-state index is 5.79. The summed E-state index contributed by atoms with van der Waals surface area (Å²) in [6.45, 7) is 2.44. The number of ether oxygens (including phenoxy) is 1. The molecule has 114 valence electrons. The van der Waals surface area contributed by atoms with Gasteiger partial charge in [-0.05, 0) is 36.8 Å². The van der Waals surface area contributed by atoms with Crippen molar-refractivity contribution in [1.29, 1.82) is 0 Å². The summed E-state index contributed by atoms with van der Waals surface area (Å²) in [5.41, 5.74) is 1.91. The van der Waals surface area contributed by atoms with Crippen LogP contribution in [0.15, 0.2) is 48.7 Å². The van der Waals surface area contributed by atoms with Gasteiger partial charge in [0.05, 0.1) is 0 Å². The molecule has 3 aromatic heterocycles. The maximum Gasteiger partial charge on any atom is 0.235 e. The number of nitrogens with zero attached hydrogens (tertiary/aromatic N) is 5. The van der Waals surface area contributed by atoms with Crippen molar-refractivity contribution >= 4 is 16.3 Å². The normalized spacial score (nSPS) is 11.0. The van der Waals surface area contributed by atoms with Crippen molar-refractivity contribution in [2.45, 2.75) is 13.5 Å². The summed E-state index contributed by atoms with van der Waals surface area (Å²) >= 11 is 1.46. The topological polar surface area (TPSA) is 65.2 Å². The Morgan fingerprint density at radius 3 is 2.91 bits per heavy atom. The molecule has 6 nitrogen and oxygen atoms in total. The minimum atomic E-state index is 0.402. The van der Waals surface area contributed by atoms with Gasteiger partial charge in [-0.15, -0.1) is 10.2 Å². The molecular formula is C16H13N5OS. The summed E-state index contributed by atoms with van der Waals surface area (Å²) in [7, 11) is 0. The molecular weight excluding hydrogens is 310 g/mol. The average molecular weight is 323 g/mol. The molecule has 1 aromatic carbocycles. The number of hydrogen-bond donors (Lipinski definition) is 0. The molecule has 3 heterocycles. The number of aryl methyl sites for hydroxylation is 1. The number of aromatic nitrogens is 5. The highest BCUT2D eigenvalue weighted by Crippen LogP contribution is 2.21. The number of rotatable bonds is 4. The molecule has 4 rings (SSSR count). The predicted molar refractivity (Wildman–Crippen MR) is 87.4 cm³/mol. The van der Waals surface area contributed by atoms with Crippen LogP contribution in [0.1, 0.15) is 10.6 Å². The van der Waals surface area contributed by atoms with E-state index in [9.17, 15) is 0 Å². The summed E-state index contributed by atoms with van der Waals surface area (Å²) < 4.78 is 7.50. The van der Waals surface area contributed by atoms with Gasteiger partial charge < -0.3 is 4.74 Å². The van der Waals surface area contributed by atoms with Crippen LogP contribution in [0.2, 0.25) is 0 Å². The molecule has 0 unspecified atom stereocenters. The lowest BCUT2D eigenvalue weighted by Crippen LogP contribution is -1.98. The Labute approximate surface area is 136 Å². The first kappa shape index (κ1) is 13.8. The fraction of sp³-hybridized carbons (Fsp3) is 0.125. The number of benzene rings is 1. The van der Waals surface area contributed by atoms with Crippen molar-refractivity contribution in [2.24, 2.45) is 0 Å². The number of pyridine rings is 1. The number of hydrogen-bond acceptors (Lipinski definition) is 6. The molecule has 0 aliphatic heterocycles. The van der Waals surface area contributed by atoms with Crippen LogP contribution < -0.4 is 4.74 Å². The van der Waals surface area contributed by atoms with Crippen LogP contribution in [0.4, 0.5) is 0 Å². The molecule has 0 aliphatic rings. The van der Waals surface area contributed by atoms with E-state index in [4.69, 9.17) is 4.74 Å². The van der Waals surface area contributed by atoms with Crippen molar-refractivity contribution in [3.63, 3.8) is 0 Å². The Kier molecular flexibility index (Phi) is 3.47. The lowest BCUT2D eigenvalue weighted by molar-refractivity contribution is 0.304. The lowest BCUT2D eigenvalue weighted by Gasteiger charge is -2.03. The van der Waals surface area contributed by atoms with Crippen molar-refractivity contribution in [3.05, 3.63) is 59.2 Å². The third-order valence-corrected chi connectivity index (χ3v) is 4.15. The van der Waals surface area contributed by atoms with E-state index in [1.165, 1.54) is 11.3 Å². The highest BCUT2D eigenvalue weighted by molar-refractivity contribution is 7.16. The van der Waals surface area contributed by atoms with Crippen molar-refractivity contribution in [3.8, 4) is 17.3 Å². The molecule has 0 saturated heterocycles. The Morgan fingerprint density at radius 2 is 2.09 bits per heavy atom. The van der Waals surface area contributed by atoms with Crippen LogP contribution in [-0.2, 0) is 6.61 Å². The van der Waals surface area contributed by atoms with Gasteiger partial charge in [-0.25, -0.2) is 0 Å². The molecule has 4 aromatic rings. The summed E-state index contributed by atoms with van der Waals surface area (Å²) in [6, 6.07) is 13.6. The third-order valence-electron chi connectivity index (χ3n) is 3.28. The van der Waals surface area contributed by atoms with Crippen molar-refractivity contribution < 1.29 is 4.74 Å². The fourth-order valence-corrected chi connectivity index (χ4v) is 2.97. The van der Waals surface area contributed by atoms with Crippen LogP contribution in [0.3, 0.4) is 0 Å². The molecule has 0 radical (unpaired) electrons. The molecule has 0 bridgehead atoms. The van der Waals surface area contributed by atoms with E-state index in [0.29, 0.717) is 12.4 Å². The smallest absolute Gasteiger partial charge is 0.235 e. The Morgan fingerprint density at radius 1 is 1.13 bits per heavy atom. The SMILES string of the molecule is Cc1cccc(OCc2nn3c(-c4ccccn4)nnc3s2)c1. The van der Waals surface area contributed by atoms with Gasteiger partial charge in [-0.3, -0.25) is 4.98 Å². The van der Waals surface area contributed by atoms with Gasteiger partial charge in [0.1, 0.15) is 18.1 Å². The minimum absolute atomic E-state index is 0.402. The van der Waals surface area contributed by atoms with Gasteiger partial charge in [0.2, 0.25) is 10.8 Å². The highest BCUT2D eigenvalue weighted by Gasteiger charge is 2.14. The molecule has 0 aliphatic carbocycles. The minimum Gasteiger partial charge on any atom is -0.486 e. The first-order chi connectivity index (χ1) is 11.3. The van der Waals surface area contributed by atoms with E-state index in [1.54, 1.807) is 10.7 Å². The lowest BCUT2D eigenvalue weighted by atomic mass is 10.2. The molecule has 0 atom stereocenters. The van der Waals surface area contributed by atoms with E-state index in [0.717, 1.165) is 27.0 Å². The third kappa shape index (κ3) is 2.78. The quantitative estimate of drug-likeness (QED) is 0.577. The van der Waals surface area contributed by atoms with E-state index in [-0.39, 0.29) is 0 Å². The summed E-state index contributed by atoms with van der Waals surface area (Å²) in [5, 5.41) is 13.7. The van der Waals surface area contributed by atoms with Crippen LogP contribution in [0, 0.1) is 6.92 Å². The molecule has 0 N–H and O–H groups in total. The largest absolute Gasteiger partial charge is 0.486 e. The summed E-state index contributed by atoms with van der Waals surface area (Å²) in [5.74, 6) is 1.47. The van der Waals surface area contributed by atoms with Crippen LogP contribution >= 0.6 is 11.3 Å². The van der Waals surface area contributed by atoms with E-state index in [2.05, 4.69) is 20.3 Å². The second kappa shape index (κ2) is 5.77. The molecule has 7 heteroatoms. The van der Waals surface area contributed by atoms with E-state index in [1.807, 2.05) is 49.4 Å². The molecule has 0 fully saturated rings. The Balaban J connectivity index is 1.59. The molecule has 0 saturated carbocycles. The fourth-order valence-electron chi connectivity index (χ4n) is 2.22. The van der Waals surface area contributed by atoms with Crippen LogP contribution in [0.25, 0.3) is 16.5 Å². The van der Waals surface area contributed by atoms with Gasteiger partial charge in [0.25, 0.3) is 0 Å². The van der Waals surface area contributed by atoms with Gasteiger partial charge in [-0.1, -0.05) is 29.5 Å². The Bertz CT molecular complexity index is 947. The highest BCUT2D eigenvalue weighted by atomic mass is 32.1. The standard InChI is InChI=1S/C16H13N5OS/c1-11-5-4-6-12(9-11)22-10-14-20-21-15(18-19-16(21)23-14)13-7-2-3-8-17-13/h2-9H,10H2,1H3. The second-order valence-corrected chi connectivity index (χ2v) is 6.07. The van der Waals surface area contributed by atoms with E-state index >= 15 is 0 Å². The zero-order valence-electron chi connectivity index (χ0n) is 12.4. The molecule has 0 spiro atoms. The van der Waals surface area contributed by atoms with E-state index < -0.39 is 0 Å². The van der Waals surface area contributed by atoms with Crippen LogP contribution in [0.5, 0.6) is 5.75 Å². The molecule has 0 amide bonds. The van der Waals surface area contributed by atoms with Crippen molar-refractivity contribution in [1.82, 2.24) is 24.8 Å². The molecule has 23 heavy (non-hydrogen) atoms. The first-order valence-electron chi connectivity index (χ1n) is 7.11. The van der Waals surface area contributed by atoms with Gasteiger partial charge >= 0.3 is 0 Å². The Hall–Kier alpha value is -2.80. The van der Waals surface area contributed by atoms with Gasteiger partial charge in [0, 0.05) is 6.20 Å². The zero-order valence-corrected chi connectivity index (χ0v) is 13.2. The number of fused-ring (bicyclic) bond motifs is 1. The zero-order chi connectivity index (χ0) is 15.6. The van der Waals surface area contributed by atoms with Crippen LogP contribution in [-0.4, -0.2) is 24.8 Å². The monoisotopic (exact) mass is 323 g/mol. The average Bonchev–Trinajstić information content (AvgIpc) is 3.14. The van der Waals surface area contributed by atoms with Crippen molar-refractivity contribution in [2.75, 3.05) is 0 Å². The van der Waals surface area contributed by atoms with Gasteiger partial charge in [-0.2, -0.15) is 9.61 Å².